The Morgan fingerprint density at radius 2 is 1.96 bits per heavy atom. The van der Waals surface area contributed by atoms with Gasteiger partial charge in [-0.3, -0.25) is 20.4 Å². The van der Waals surface area contributed by atoms with Crippen LogP contribution in [0.3, 0.4) is 0 Å². The molecule has 134 valence electrons. The summed E-state index contributed by atoms with van der Waals surface area (Å²) < 4.78 is 43.3. The fourth-order valence-corrected chi connectivity index (χ4v) is 2.08. The third-order valence-corrected chi connectivity index (χ3v) is 3.27. The van der Waals surface area contributed by atoms with Crippen LogP contribution < -0.4 is 10.2 Å². The van der Waals surface area contributed by atoms with Crippen molar-refractivity contribution in [3.63, 3.8) is 0 Å². The van der Waals surface area contributed by atoms with Gasteiger partial charge in [0.2, 0.25) is 0 Å². The largest absolute Gasteiger partial charge is 0.456 e. The molecule has 10 heteroatoms. The van der Waals surface area contributed by atoms with Gasteiger partial charge in [-0.2, -0.15) is 13.2 Å². The molecule has 2 aromatic carbocycles. The highest BCUT2D eigenvalue weighted by Crippen LogP contribution is 2.37. The highest BCUT2D eigenvalue weighted by molar-refractivity contribution is 6.32. The molecule has 2 aromatic rings. The summed E-state index contributed by atoms with van der Waals surface area (Å²) in [6.45, 7) is 1.94. The standard InChI is InChI=1S/C15H12ClF3N2O4/c1-2-24-20-12-8-10(4-5-13(12)21(22)23)25-14-6-3-9(7-11(14)16)15(17,18)19/h3-8,20H,2H2,1H3. The summed E-state index contributed by atoms with van der Waals surface area (Å²) in [7, 11) is 0. The number of ether oxygens (including phenoxy) is 1. The summed E-state index contributed by atoms with van der Waals surface area (Å²) >= 11 is 5.82. The van der Waals surface area contributed by atoms with Crippen molar-refractivity contribution in [1.29, 1.82) is 0 Å². The van der Waals surface area contributed by atoms with E-state index in [-0.39, 0.29) is 34.5 Å². The van der Waals surface area contributed by atoms with E-state index < -0.39 is 16.7 Å². The van der Waals surface area contributed by atoms with Crippen LogP contribution in [-0.2, 0) is 11.0 Å². The van der Waals surface area contributed by atoms with Gasteiger partial charge in [-0.25, -0.2) is 0 Å². The minimum Gasteiger partial charge on any atom is -0.456 e. The first-order valence-corrected chi connectivity index (χ1v) is 7.31. The molecule has 0 aliphatic carbocycles. The molecular formula is C15H12ClF3N2O4. The molecule has 6 nitrogen and oxygen atoms in total. The number of halogens is 4. The quantitative estimate of drug-likeness (QED) is 0.538. The molecule has 0 unspecified atom stereocenters. The number of nitro groups is 1. The summed E-state index contributed by atoms with van der Waals surface area (Å²) in [6.07, 6.45) is -4.52. The normalized spacial score (nSPS) is 11.2. The van der Waals surface area contributed by atoms with Crippen molar-refractivity contribution < 1.29 is 27.7 Å². The number of hydrogen-bond acceptors (Lipinski definition) is 5. The maximum Gasteiger partial charge on any atom is 0.416 e. The van der Waals surface area contributed by atoms with E-state index in [0.29, 0.717) is 0 Å². The molecule has 0 fully saturated rings. The maximum atomic E-state index is 12.6. The second kappa shape index (κ2) is 7.58. The van der Waals surface area contributed by atoms with Gasteiger partial charge in [0.1, 0.15) is 17.2 Å². The number of alkyl halides is 3. The number of nitro benzene ring substituents is 1. The van der Waals surface area contributed by atoms with Crippen LogP contribution >= 0.6 is 11.6 Å². The lowest BCUT2D eigenvalue weighted by molar-refractivity contribution is -0.384. The second-order valence-corrected chi connectivity index (χ2v) is 5.12. The Balaban J connectivity index is 2.29. The molecular weight excluding hydrogens is 365 g/mol. The zero-order chi connectivity index (χ0) is 18.6. The lowest BCUT2D eigenvalue weighted by Gasteiger charge is -2.12. The average Bonchev–Trinajstić information content (AvgIpc) is 2.53. The number of benzene rings is 2. The zero-order valence-electron chi connectivity index (χ0n) is 12.8. The van der Waals surface area contributed by atoms with Gasteiger partial charge in [-0.15, -0.1) is 0 Å². The molecule has 0 saturated carbocycles. The van der Waals surface area contributed by atoms with Crippen molar-refractivity contribution >= 4 is 23.0 Å². The Morgan fingerprint density at radius 1 is 1.24 bits per heavy atom. The number of nitrogens with zero attached hydrogens (tertiary/aromatic N) is 1. The van der Waals surface area contributed by atoms with E-state index in [1.54, 1.807) is 6.92 Å². The van der Waals surface area contributed by atoms with Crippen LogP contribution in [0.2, 0.25) is 5.02 Å². The fourth-order valence-electron chi connectivity index (χ4n) is 1.86. The van der Waals surface area contributed by atoms with Crippen LogP contribution in [0.4, 0.5) is 24.5 Å². The van der Waals surface area contributed by atoms with Gasteiger partial charge in [0.25, 0.3) is 5.69 Å². The van der Waals surface area contributed by atoms with Crippen LogP contribution in [0.15, 0.2) is 36.4 Å². The van der Waals surface area contributed by atoms with E-state index in [1.807, 2.05) is 0 Å². The highest BCUT2D eigenvalue weighted by atomic mass is 35.5. The number of anilines is 1. The minimum absolute atomic E-state index is 0.0223. The first-order chi connectivity index (χ1) is 11.7. The van der Waals surface area contributed by atoms with Gasteiger partial charge in [0.15, 0.2) is 0 Å². The molecule has 0 aliphatic rings. The Morgan fingerprint density at radius 3 is 2.52 bits per heavy atom. The second-order valence-electron chi connectivity index (χ2n) is 4.72. The summed E-state index contributed by atoms with van der Waals surface area (Å²) in [5.41, 5.74) is 1.28. The Hall–Kier alpha value is -2.52. The molecule has 0 amide bonds. The monoisotopic (exact) mass is 376 g/mol. The molecule has 0 aromatic heterocycles. The fraction of sp³-hybridized carbons (Fsp3) is 0.200. The first-order valence-electron chi connectivity index (χ1n) is 6.93. The minimum atomic E-state index is -4.52. The number of hydrogen-bond donors (Lipinski definition) is 1. The van der Waals surface area contributed by atoms with Crippen LogP contribution in [0.25, 0.3) is 0 Å². The third kappa shape index (κ3) is 4.74. The summed E-state index contributed by atoms with van der Waals surface area (Å²) in [6, 6.07) is 6.38. The third-order valence-electron chi connectivity index (χ3n) is 2.98. The van der Waals surface area contributed by atoms with Crippen molar-refractivity contribution in [1.82, 2.24) is 0 Å². The Kier molecular flexibility index (Phi) is 5.70. The van der Waals surface area contributed by atoms with Gasteiger partial charge in [0.05, 0.1) is 22.1 Å². The first kappa shape index (κ1) is 18.8. The molecule has 0 heterocycles. The molecule has 2 rings (SSSR count). The lowest BCUT2D eigenvalue weighted by atomic mass is 10.2. The predicted octanol–water partition coefficient (Wildman–Crippen LogP) is 5.42. The zero-order valence-corrected chi connectivity index (χ0v) is 13.5. The average molecular weight is 377 g/mol. The van der Waals surface area contributed by atoms with Crippen molar-refractivity contribution in [3.05, 3.63) is 57.1 Å². The summed E-state index contributed by atoms with van der Waals surface area (Å²) in [5, 5.41) is 10.7. The maximum absolute atomic E-state index is 12.6. The van der Waals surface area contributed by atoms with E-state index in [2.05, 4.69) is 5.48 Å². The van der Waals surface area contributed by atoms with Crippen LogP contribution in [0.5, 0.6) is 11.5 Å². The van der Waals surface area contributed by atoms with E-state index in [4.69, 9.17) is 21.2 Å². The van der Waals surface area contributed by atoms with Crippen molar-refractivity contribution in [2.75, 3.05) is 12.1 Å². The van der Waals surface area contributed by atoms with Crippen LogP contribution in [-0.4, -0.2) is 11.5 Å². The van der Waals surface area contributed by atoms with Crippen molar-refractivity contribution in [2.24, 2.45) is 0 Å². The van der Waals surface area contributed by atoms with Crippen LogP contribution in [0.1, 0.15) is 12.5 Å². The molecule has 0 aliphatic heterocycles. The van der Waals surface area contributed by atoms with Gasteiger partial charge >= 0.3 is 6.18 Å². The van der Waals surface area contributed by atoms with Crippen molar-refractivity contribution in [3.8, 4) is 11.5 Å². The van der Waals surface area contributed by atoms with Gasteiger partial charge in [-0.05, 0) is 31.2 Å². The summed E-state index contributed by atoms with van der Waals surface area (Å²) in [4.78, 5) is 15.3. The van der Waals surface area contributed by atoms with Gasteiger partial charge in [-0.1, -0.05) is 11.6 Å². The molecule has 1 N–H and O–H groups in total. The summed E-state index contributed by atoms with van der Waals surface area (Å²) in [5.74, 6) is 0.111. The molecule has 0 atom stereocenters. The van der Waals surface area contributed by atoms with E-state index in [1.165, 1.54) is 18.2 Å². The molecule has 0 radical (unpaired) electrons. The predicted molar refractivity (Wildman–Crippen MR) is 84.9 cm³/mol. The SMILES string of the molecule is CCONc1cc(Oc2ccc(C(F)(F)F)cc2Cl)ccc1[N+](=O)[O-]. The smallest absolute Gasteiger partial charge is 0.416 e. The molecule has 0 spiro atoms. The number of nitrogens with one attached hydrogen (secondary N) is 1. The number of rotatable bonds is 6. The van der Waals surface area contributed by atoms with Crippen LogP contribution in [0, 0.1) is 10.1 Å². The Bertz CT molecular complexity index is 784. The topological polar surface area (TPSA) is 73.6 Å². The van der Waals surface area contributed by atoms with E-state index >= 15 is 0 Å². The lowest BCUT2D eigenvalue weighted by Crippen LogP contribution is -2.05. The highest BCUT2D eigenvalue weighted by Gasteiger charge is 2.31. The van der Waals surface area contributed by atoms with Gasteiger partial charge < -0.3 is 4.74 Å². The molecule has 0 saturated heterocycles. The Labute approximate surface area is 145 Å². The van der Waals surface area contributed by atoms with Crippen molar-refractivity contribution in [2.45, 2.75) is 13.1 Å². The molecule has 0 bridgehead atoms. The van der Waals surface area contributed by atoms with Gasteiger partial charge in [0, 0.05) is 12.1 Å². The molecule has 25 heavy (non-hydrogen) atoms. The van der Waals surface area contributed by atoms with E-state index in [0.717, 1.165) is 18.2 Å². The van der Waals surface area contributed by atoms with E-state index in [9.17, 15) is 23.3 Å².